The van der Waals surface area contributed by atoms with E-state index in [2.05, 4.69) is 27.8 Å². The van der Waals surface area contributed by atoms with Gasteiger partial charge in [0.2, 0.25) is 0 Å². The molecule has 154 valence electrons. The Bertz CT molecular complexity index is 1240. The van der Waals surface area contributed by atoms with Gasteiger partial charge < -0.3 is 15.2 Å². The van der Waals surface area contributed by atoms with E-state index in [0.29, 0.717) is 13.1 Å². The number of hydrogen-bond acceptors (Lipinski definition) is 6. The van der Waals surface area contributed by atoms with Crippen molar-refractivity contribution >= 4 is 27.4 Å². The molecular formula is C23H25N5OS. The van der Waals surface area contributed by atoms with Gasteiger partial charge in [-0.2, -0.15) is 0 Å². The molecule has 0 saturated carbocycles. The minimum atomic E-state index is -0.0626. The van der Waals surface area contributed by atoms with Crippen LogP contribution >= 0.6 is 11.3 Å². The number of benzene rings is 1. The molecule has 0 saturated heterocycles. The first-order chi connectivity index (χ1) is 14.4. The standard InChI is InChI=1S/C23H25N5OS/c1-14-10-15(2)25-22(29)17(14)11-24-21-20-18(16-8-6-5-7-9-16)13-30-23(20)27-19(26-21)12-28(3)4/h5-10,13H,11-12H2,1-4H3,(H,25,29)(H,24,26,27). The van der Waals surface area contributed by atoms with E-state index in [-0.39, 0.29) is 5.56 Å². The van der Waals surface area contributed by atoms with Crippen LogP contribution in [0.3, 0.4) is 0 Å². The molecule has 6 nitrogen and oxygen atoms in total. The van der Waals surface area contributed by atoms with Gasteiger partial charge in [-0.25, -0.2) is 9.97 Å². The Morgan fingerprint density at radius 3 is 2.60 bits per heavy atom. The van der Waals surface area contributed by atoms with Gasteiger partial charge in [-0.3, -0.25) is 4.79 Å². The first-order valence-electron chi connectivity index (χ1n) is 9.84. The van der Waals surface area contributed by atoms with E-state index < -0.39 is 0 Å². The van der Waals surface area contributed by atoms with Gasteiger partial charge in [0.05, 0.1) is 11.9 Å². The summed E-state index contributed by atoms with van der Waals surface area (Å²) < 4.78 is 0. The summed E-state index contributed by atoms with van der Waals surface area (Å²) in [5.41, 5.74) is 4.72. The smallest absolute Gasteiger partial charge is 0.253 e. The van der Waals surface area contributed by atoms with Crippen LogP contribution in [0.4, 0.5) is 5.82 Å². The van der Waals surface area contributed by atoms with E-state index in [1.807, 2.05) is 57.1 Å². The number of fused-ring (bicyclic) bond motifs is 1. The lowest BCUT2D eigenvalue weighted by atomic mass is 10.1. The first-order valence-corrected chi connectivity index (χ1v) is 10.7. The molecule has 0 aliphatic carbocycles. The fourth-order valence-electron chi connectivity index (χ4n) is 3.57. The minimum absolute atomic E-state index is 0.0626. The SMILES string of the molecule is Cc1cc(C)c(CNc2nc(CN(C)C)nc3scc(-c4ccccc4)c23)c(=O)[nH]1. The third-order valence-corrected chi connectivity index (χ3v) is 5.82. The molecule has 1 aromatic carbocycles. The Morgan fingerprint density at radius 2 is 1.90 bits per heavy atom. The number of rotatable bonds is 6. The number of anilines is 1. The molecule has 0 fully saturated rings. The van der Waals surface area contributed by atoms with Crippen molar-refractivity contribution in [2.45, 2.75) is 26.9 Å². The first kappa shape index (κ1) is 20.3. The van der Waals surface area contributed by atoms with Gasteiger partial charge in [0.25, 0.3) is 5.56 Å². The predicted molar refractivity (Wildman–Crippen MR) is 124 cm³/mol. The van der Waals surface area contributed by atoms with Crippen molar-refractivity contribution in [2.24, 2.45) is 0 Å². The lowest BCUT2D eigenvalue weighted by Crippen LogP contribution is -2.19. The molecule has 0 spiro atoms. The molecule has 0 unspecified atom stereocenters. The summed E-state index contributed by atoms with van der Waals surface area (Å²) in [6.45, 7) is 4.91. The fraction of sp³-hybridized carbons (Fsp3) is 0.261. The molecule has 4 rings (SSSR count). The van der Waals surface area contributed by atoms with Crippen molar-refractivity contribution in [1.29, 1.82) is 0 Å². The van der Waals surface area contributed by atoms with Crippen molar-refractivity contribution in [3.8, 4) is 11.1 Å². The van der Waals surface area contributed by atoms with Gasteiger partial charge in [0.15, 0.2) is 0 Å². The van der Waals surface area contributed by atoms with Crippen LogP contribution in [0.25, 0.3) is 21.3 Å². The second-order valence-corrected chi connectivity index (χ2v) is 8.58. The van der Waals surface area contributed by atoms with Crippen molar-refractivity contribution in [2.75, 3.05) is 19.4 Å². The molecule has 30 heavy (non-hydrogen) atoms. The predicted octanol–water partition coefficient (Wildman–Crippen LogP) is 4.34. The van der Waals surface area contributed by atoms with Crippen molar-refractivity contribution in [1.82, 2.24) is 19.9 Å². The normalized spacial score (nSPS) is 11.4. The second-order valence-electron chi connectivity index (χ2n) is 7.72. The van der Waals surface area contributed by atoms with Gasteiger partial charge in [-0.15, -0.1) is 11.3 Å². The van der Waals surface area contributed by atoms with E-state index in [1.54, 1.807) is 11.3 Å². The van der Waals surface area contributed by atoms with Gasteiger partial charge in [0.1, 0.15) is 16.5 Å². The number of pyridine rings is 1. The number of nitrogens with zero attached hydrogens (tertiary/aromatic N) is 3. The third-order valence-electron chi connectivity index (χ3n) is 4.95. The highest BCUT2D eigenvalue weighted by Gasteiger charge is 2.16. The zero-order valence-electron chi connectivity index (χ0n) is 17.6. The molecule has 0 aliphatic heterocycles. The largest absolute Gasteiger partial charge is 0.365 e. The van der Waals surface area contributed by atoms with Crippen LogP contribution in [0.1, 0.15) is 22.6 Å². The van der Waals surface area contributed by atoms with Crippen molar-refractivity contribution in [3.05, 3.63) is 74.8 Å². The number of aromatic nitrogens is 3. The Balaban J connectivity index is 1.80. The molecule has 0 aliphatic rings. The van der Waals surface area contributed by atoms with Crippen molar-refractivity contribution < 1.29 is 0 Å². The van der Waals surface area contributed by atoms with Crippen LogP contribution in [-0.4, -0.2) is 33.9 Å². The number of aromatic amines is 1. The summed E-state index contributed by atoms with van der Waals surface area (Å²) in [6.07, 6.45) is 0. The Labute approximate surface area is 179 Å². The molecule has 3 aromatic heterocycles. The summed E-state index contributed by atoms with van der Waals surface area (Å²) in [7, 11) is 4.00. The molecule has 4 aromatic rings. The molecule has 0 radical (unpaired) electrons. The maximum atomic E-state index is 12.5. The number of hydrogen-bond donors (Lipinski definition) is 2. The maximum Gasteiger partial charge on any atom is 0.253 e. The van der Waals surface area contributed by atoms with Gasteiger partial charge >= 0.3 is 0 Å². The summed E-state index contributed by atoms with van der Waals surface area (Å²) in [4.78, 5) is 27.9. The molecule has 2 N–H and O–H groups in total. The number of aryl methyl sites for hydroxylation is 2. The Hall–Kier alpha value is -3.03. The molecule has 0 amide bonds. The number of thiophene rings is 1. The quantitative estimate of drug-likeness (QED) is 0.486. The molecule has 7 heteroatoms. The molecule has 0 bridgehead atoms. The lowest BCUT2D eigenvalue weighted by molar-refractivity contribution is 0.391. The van der Waals surface area contributed by atoms with Crippen molar-refractivity contribution in [3.63, 3.8) is 0 Å². The van der Waals surface area contributed by atoms with Gasteiger partial charge in [-0.1, -0.05) is 30.3 Å². The lowest BCUT2D eigenvalue weighted by Gasteiger charge is -2.13. The van der Waals surface area contributed by atoms with Crippen LogP contribution in [-0.2, 0) is 13.1 Å². The Kier molecular flexibility index (Phi) is 5.65. The van der Waals surface area contributed by atoms with E-state index in [0.717, 1.165) is 49.8 Å². The highest BCUT2D eigenvalue weighted by molar-refractivity contribution is 7.17. The molecular weight excluding hydrogens is 394 g/mol. The topological polar surface area (TPSA) is 73.9 Å². The molecule has 3 heterocycles. The average Bonchev–Trinajstić information content (AvgIpc) is 3.11. The van der Waals surface area contributed by atoms with E-state index in [1.165, 1.54) is 0 Å². The van der Waals surface area contributed by atoms with E-state index in [9.17, 15) is 4.79 Å². The highest BCUT2D eigenvalue weighted by atomic mass is 32.1. The summed E-state index contributed by atoms with van der Waals surface area (Å²) in [6, 6.07) is 12.2. The van der Waals surface area contributed by atoms with Crippen LogP contribution < -0.4 is 10.9 Å². The monoisotopic (exact) mass is 419 g/mol. The second kappa shape index (κ2) is 8.38. The third kappa shape index (κ3) is 4.13. The number of H-pyrrole nitrogens is 1. The zero-order chi connectivity index (χ0) is 21.3. The zero-order valence-corrected chi connectivity index (χ0v) is 18.4. The summed E-state index contributed by atoms with van der Waals surface area (Å²) >= 11 is 1.62. The van der Waals surface area contributed by atoms with Crippen LogP contribution in [0.15, 0.2) is 46.6 Å². The van der Waals surface area contributed by atoms with Crippen LogP contribution in [0.5, 0.6) is 0 Å². The fourth-order valence-corrected chi connectivity index (χ4v) is 4.54. The Morgan fingerprint density at radius 1 is 1.13 bits per heavy atom. The van der Waals surface area contributed by atoms with E-state index in [4.69, 9.17) is 9.97 Å². The highest BCUT2D eigenvalue weighted by Crippen LogP contribution is 2.37. The molecule has 0 atom stereocenters. The average molecular weight is 420 g/mol. The van der Waals surface area contributed by atoms with Crippen LogP contribution in [0.2, 0.25) is 0 Å². The van der Waals surface area contributed by atoms with E-state index >= 15 is 0 Å². The van der Waals surface area contributed by atoms with Gasteiger partial charge in [0, 0.05) is 28.7 Å². The summed E-state index contributed by atoms with van der Waals surface area (Å²) in [5.74, 6) is 1.52. The van der Waals surface area contributed by atoms with Gasteiger partial charge in [-0.05, 0) is 45.1 Å². The maximum absolute atomic E-state index is 12.5. The summed E-state index contributed by atoms with van der Waals surface area (Å²) in [5, 5.41) is 6.56. The minimum Gasteiger partial charge on any atom is -0.365 e. The van der Waals surface area contributed by atoms with Crippen LogP contribution in [0, 0.1) is 13.8 Å². The number of nitrogens with one attached hydrogen (secondary N) is 2.